The molecule has 0 radical (unpaired) electrons. The normalized spacial score (nSPS) is 13.5. The van der Waals surface area contributed by atoms with Gasteiger partial charge >= 0.3 is 0 Å². The smallest absolute Gasteiger partial charge is 0.0159 e. The standard InChI is InChI=1S/C47H32/c1-47(2)43-28-32(23-24-36(43)41-25-29-13-3-4-14-30(29)27-44(41)47)45-37-19-9-11-21-39(37)46(40-22-12-10-20-38(40)45)42-26-31-15-5-6-16-33(31)34-17-7-8-18-35(34)42/h3-28H,1-2H3. The number of rotatable bonds is 2. The minimum Gasteiger partial charge on any atom is -0.0616 e. The van der Waals surface area contributed by atoms with Crippen LogP contribution in [-0.4, -0.2) is 0 Å². The lowest BCUT2D eigenvalue weighted by molar-refractivity contribution is 0.661. The van der Waals surface area contributed by atoms with Crippen LogP contribution in [0, 0.1) is 0 Å². The van der Waals surface area contributed by atoms with Gasteiger partial charge in [-0.3, -0.25) is 0 Å². The van der Waals surface area contributed by atoms with Crippen LogP contribution in [0.15, 0.2) is 158 Å². The van der Waals surface area contributed by atoms with Crippen molar-refractivity contribution in [3.05, 3.63) is 169 Å². The maximum Gasteiger partial charge on any atom is 0.0159 e. The molecule has 0 saturated heterocycles. The molecule has 0 aliphatic heterocycles. The third-order valence-corrected chi connectivity index (χ3v) is 10.8. The molecule has 0 atom stereocenters. The van der Waals surface area contributed by atoms with E-state index in [1.807, 2.05) is 0 Å². The Kier molecular flexibility index (Phi) is 5.44. The van der Waals surface area contributed by atoms with Gasteiger partial charge in [-0.1, -0.05) is 147 Å². The van der Waals surface area contributed by atoms with Gasteiger partial charge in [-0.25, -0.2) is 0 Å². The molecule has 0 fully saturated rings. The summed E-state index contributed by atoms with van der Waals surface area (Å²) in [4.78, 5) is 0. The Balaban J connectivity index is 1.27. The van der Waals surface area contributed by atoms with Crippen molar-refractivity contribution >= 4 is 53.9 Å². The Labute approximate surface area is 274 Å². The van der Waals surface area contributed by atoms with Crippen LogP contribution in [0.1, 0.15) is 25.0 Å². The third-order valence-electron chi connectivity index (χ3n) is 10.8. The zero-order chi connectivity index (χ0) is 31.3. The Bertz CT molecular complexity index is 2700. The van der Waals surface area contributed by atoms with Crippen LogP contribution in [0.3, 0.4) is 0 Å². The second-order valence-corrected chi connectivity index (χ2v) is 13.7. The second kappa shape index (κ2) is 9.64. The Hall–Kier alpha value is -5.72. The van der Waals surface area contributed by atoms with Gasteiger partial charge in [0.25, 0.3) is 0 Å². The third kappa shape index (κ3) is 3.70. The van der Waals surface area contributed by atoms with Crippen molar-refractivity contribution in [2.24, 2.45) is 0 Å². The molecule has 0 amide bonds. The SMILES string of the molecule is CC1(C)c2cc(-c3c4ccccc4c(-c4cc5ccccc5c5ccccc45)c4ccccc34)ccc2-c2cc3ccccc3cc21. The molecular weight excluding hydrogens is 565 g/mol. The van der Waals surface area contributed by atoms with Crippen molar-refractivity contribution in [3.63, 3.8) is 0 Å². The average molecular weight is 597 g/mol. The summed E-state index contributed by atoms with van der Waals surface area (Å²) >= 11 is 0. The Morgan fingerprint density at radius 2 is 0.787 bits per heavy atom. The molecular formula is C47H32. The minimum absolute atomic E-state index is 0.0970. The topological polar surface area (TPSA) is 0 Å². The molecule has 0 saturated carbocycles. The lowest BCUT2D eigenvalue weighted by Crippen LogP contribution is -2.15. The van der Waals surface area contributed by atoms with E-state index in [0.717, 1.165) is 0 Å². The average Bonchev–Trinajstić information content (AvgIpc) is 3.34. The van der Waals surface area contributed by atoms with Gasteiger partial charge in [0.05, 0.1) is 0 Å². The highest BCUT2D eigenvalue weighted by Crippen LogP contribution is 2.52. The molecule has 9 aromatic carbocycles. The first-order chi connectivity index (χ1) is 23.1. The van der Waals surface area contributed by atoms with Crippen LogP contribution in [0.5, 0.6) is 0 Å². The Morgan fingerprint density at radius 1 is 0.319 bits per heavy atom. The summed E-state index contributed by atoms with van der Waals surface area (Å²) < 4.78 is 0. The molecule has 0 N–H and O–H groups in total. The van der Waals surface area contributed by atoms with Gasteiger partial charge in [-0.05, 0) is 123 Å². The van der Waals surface area contributed by atoms with Gasteiger partial charge < -0.3 is 0 Å². The maximum atomic E-state index is 2.49. The fourth-order valence-electron chi connectivity index (χ4n) is 8.57. The molecule has 0 heteroatoms. The first-order valence-electron chi connectivity index (χ1n) is 16.6. The molecule has 10 rings (SSSR count). The molecule has 1 aliphatic rings. The van der Waals surface area contributed by atoms with E-state index in [9.17, 15) is 0 Å². The first kappa shape index (κ1) is 26.5. The van der Waals surface area contributed by atoms with Crippen LogP contribution < -0.4 is 0 Å². The quantitative estimate of drug-likeness (QED) is 0.138. The summed E-state index contributed by atoms with van der Waals surface area (Å²) in [7, 11) is 0. The second-order valence-electron chi connectivity index (χ2n) is 13.7. The summed E-state index contributed by atoms with van der Waals surface area (Å²) in [5, 5.41) is 12.9. The largest absolute Gasteiger partial charge is 0.0616 e. The van der Waals surface area contributed by atoms with Crippen LogP contribution in [0.4, 0.5) is 0 Å². The van der Waals surface area contributed by atoms with Crippen molar-refractivity contribution in [2.45, 2.75) is 19.3 Å². The molecule has 0 spiro atoms. The molecule has 0 bridgehead atoms. The lowest BCUT2D eigenvalue weighted by atomic mass is 9.80. The number of fused-ring (bicyclic) bond motifs is 9. The molecule has 47 heavy (non-hydrogen) atoms. The van der Waals surface area contributed by atoms with Crippen LogP contribution in [-0.2, 0) is 5.41 Å². The van der Waals surface area contributed by atoms with E-state index in [4.69, 9.17) is 0 Å². The van der Waals surface area contributed by atoms with E-state index in [2.05, 4.69) is 172 Å². The number of hydrogen-bond acceptors (Lipinski definition) is 0. The fourth-order valence-corrected chi connectivity index (χ4v) is 8.57. The van der Waals surface area contributed by atoms with Crippen molar-refractivity contribution in [2.75, 3.05) is 0 Å². The molecule has 0 heterocycles. The maximum absolute atomic E-state index is 2.49. The zero-order valence-corrected chi connectivity index (χ0v) is 26.5. The van der Waals surface area contributed by atoms with E-state index in [0.29, 0.717) is 0 Å². The van der Waals surface area contributed by atoms with E-state index in [1.165, 1.54) is 98.4 Å². The van der Waals surface area contributed by atoms with E-state index < -0.39 is 0 Å². The summed E-state index contributed by atoms with van der Waals surface area (Å²) in [6.07, 6.45) is 0. The molecule has 1 aliphatic carbocycles. The minimum atomic E-state index is -0.0970. The van der Waals surface area contributed by atoms with Gasteiger partial charge in [0.15, 0.2) is 0 Å². The molecule has 220 valence electrons. The monoisotopic (exact) mass is 596 g/mol. The number of hydrogen-bond donors (Lipinski definition) is 0. The highest BCUT2D eigenvalue weighted by atomic mass is 14.4. The van der Waals surface area contributed by atoms with Crippen molar-refractivity contribution in [1.29, 1.82) is 0 Å². The zero-order valence-electron chi connectivity index (χ0n) is 26.5. The molecule has 0 aromatic heterocycles. The molecule has 9 aromatic rings. The first-order valence-corrected chi connectivity index (χ1v) is 16.6. The highest BCUT2D eigenvalue weighted by Gasteiger charge is 2.36. The predicted molar refractivity (Wildman–Crippen MR) is 202 cm³/mol. The van der Waals surface area contributed by atoms with Gasteiger partial charge in [0.2, 0.25) is 0 Å². The van der Waals surface area contributed by atoms with Gasteiger partial charge in [0.1, 0.15) is 0 Å². The predicted octanol–water partition coefficient (Wildman–Crippen LogP) is 13.1. The van der Waals surface area contributed by atoms with Crippen molar-refractivity contribution in [3.8, 4) is 33.4 Å². The summed E-state index contributed by atoms with van der Waals surface area (Å²) in [6, 6.07) is 58.9. The van der Waals surface area contributed by atoms with Gasteiger partial charge in [-0.2, -0.15) is 0 Å². The van der Waals surface area contributed by atoms with Crippen molar-refractivity contribution in [1.82, 2.24) is 0 Å². The Morgan fingerprint density at radius 3 is 1.45 bits per heavy atom. The van der Waals surface area contributed by atoms with Crippen LogP contribution in [0.2, 0.25) is 0 Å². The van der Waals surface area contributed by atoms with E-state index >= 15 is 0 Å². The fraction of sp³-hybridized carbons (Fsp3) is 0.0638. The summed E-state index contributed by atoms with van der Waals surface area (Å²) in [6.45, 7) is 4.78. The van der Waals surface area contributed by atoms with Crippen molar-refractivity contribution < 1.29 is 0 Å². The number of benzene rings is 9. The molecule has 0 nitrogen and oxygen atoms in total. The van der Waals surface area contributed by atoms with Crippen LogP contribution >= 0.6 is 0 Å². The van der Waals surface area contributed by atoms with Crippen LogP contribution in [0.25, 0.3) is 87.2 Å². The van der Waals surface area contributed by atoms with E-state index in [1.54, 1.807) is 0 Å². The van der Waals surface area contributed by atoms with Gasteiger partial charge in [-0.15, -0.1) is 0 Å². The summed E-state index contributed by atoms with van der Waals surface area (Å²) in [5.74, 6) is 0. The summed E-state index contributed by atoms with van der Waals surface area (Å²) in [5.41, 5.74) is 10.6. The highest BCUT2D eigenvalue weighted by molar-refractivity contribution is 6.25. The lowest BCUT2D eigenvalue weighted by Gasteiger charge is -2.23. The van der Waals surface area contributed by atoms with Gasteiger partial charge in [0, 0.05) is 5.41 Å². The van der Waals surface area contributed by atoms with E-state index in [-0.39, 0.29) is 5.41 Å². The molecule has 0 unspecified atom stereocenters.